The number of carbonyl (C=O) groups excluding carboxylic acids is 2. The van der Waals surface area contributed by atoms with Gasteiger partial charge < -0.3 is 5.73 Å². The van der Waals surface area contributed by atoms with Crippen LogP contribution in [0.1, 0.15) is 19.5 Å². The Morgan fingerprint density at radius 3 is 2.24 bits per heavy atom. The molecule has 2 atom stereocenters. The molecular weight excluding hydrogens is 220 g/mol. The Labute approximate surface area is 98.8 Å². The van der Waals surface area contributed by atoms with Crippen molar-refractivity contribution in [1.29, 1.82) is 0 Å². The van der Waals surface area contributed by atoms with Gasteiger partial charge in [0.05, 0.1) is 24.6 Å². The van der Waals surface area contributed by atoms with Crippen molar-refractivity contribution in [3.63, 3.8) is 0 Å². The van der Waals surface area contributed by atoms with Gasteiger partial charge in [-0.15, -0.1) is 0 Å². The van der Waals surface area contributed by atoms with Gasteiger partial charge in [-0.3, -0.25) is 19.5 Å². The van der Waals surface area contributed by atoms with E-state index in [-0.39, 0.29) is 30.2 Å². The Morgan fingerprint density at radius 1 is 1.18 bits per heavy atom. The van der Waals surface area contributed by atoms with Gasteiger partial charge in [-0.1, -0.05) is 13.8 Å². The maximum Gasteiger partial charge on any atom is 0.233 e. The number of hydrogen-bond donors (Lipinski definition) is 1. The van der Waals surface area contributed by atoms with E-state index in [1.54, 1.807) is 13.8 Å². The number of likely N-dealkylation sites (tertiary alicyclic amines) is 1. The van der Waals surface area contributed by atoms with E-state index in [4.69, 9.17) is 5.73 Å². The molecule has 0 bridgehead atoms. The van der Waals surface area contributed by atoms with Crippen LogP contribution in [0.2, 0.25) is 0 Å². The summed E-state index contributed by atoms with van der Waals surface area (Å²) in [7, 11) is 0. The Bertz CT molecular complexity index is 437. The Hall–Kier alpha value is -1.98. The van der Waals surface area contributed by atoms with Crippen LogP contribution in [0.15, 0.2) is 12.4 Å². The first-order valence-corrected chi connectivity index (χ1v) is 5.42. The number of hydrogen-bond acceptors (Lipinski definition) is 5. The van der Waals surface area contributed by atoms with Crippen molar-refractivity contribution in [1.82, 2.24) is 14.9 Å². The summed E-state index contributed by atoms with van der Waals surface area (Å²) >= 11 is 0. The third-order valence-electron chi connectivity index (χ3n) is 3.11. The summed E-state index contributed by atoms with van der Waals surface area (Å²) in [4.78, 5) is 32.8. The molecule has 0 saturated carbocycles. The van der Waals surface area contributed by atoms with Crippen molar-refractivity contribution >= 4 is 17.6 Å². The molecule has 1 saturated heterocycles. The van der Waals surface area contributed by atoms with E-state index < -0.39 is 0 Å². The number of amides is 2. The molecule has 1 aromatic heterocycles. The highest BCUT2D eigenvalue weighted by atomic mass is 16.2. The summed E-state index contributed by atoms with van der Waals surface area (Å²) in [5.74, 6) is -0.509. The molecule has 0 aromatic carbocycles. The summed E-state index contributed by atoms with van der Waals surface area (Å²) in [6.45, 7) is 3.69. The van der Waals surface area contributed by atoms with Crippen LogP contribution in [0.3, 0.4) is 0 Å². The maximum atomic E-state index is 11.8. The molecule has 2 heterocycles. The topological polar surface area (TPSA) is 89.2 Å². The van der Waals surface area contributed by atoms with Gasteiger partial charge in [-0.2, -0.15) is 0 Å². The van der Waals surface area contributed by atoms with Crippen LogP contribution in [-0.4, -0.2) is 26.7 Å². The van der Waals surface area contributed by atoms with Gasteiger partial charge in [-0.25, -0.2) is 4.98 Å². The zero-order chi connectivity index (χ0) is 12.6. The second-order valence-electron chi connectivity index (χ2n) is 4.27. The number of imide groups is 1. The minimum atomic E-state index is -0.260. The average molecular weight is 234 g/mol. The van der Waals surface area contributed by atoms with Crippen LogP contribution in [-0.2, 0) is 16.1 Å². The highest BCUT2D eigenvalue weighted by molar-refractivity contribution is 6.04. The maximum absolute atomic E-state index is 11.8. The summed E-state index contributed by atoms with van der Waals surface area (Å²) in [6, 6.07) is 0. The molecule has 2 rings (SSSR count). The molecule has 0 spiro atoms. The van der Waals surface area contributed by atoms with Gasteiger partial charge in [0.1, 0.15) is 5.82 Å². The molecule has 2 amide bonds. The van der Waals surface area contributed by atoms with E-state index in [0.717, 1.165) is 0 Å². The monoisotopic (exact) mass is 234 g/mol. The zero-order valence-corrected chi connectivity index (χ0v) is 9.75. The lowest BCUT2D eigenvalue weighted by atomic mass is 10.00. The molecule has 1 aromatic rings. The minimum Gasteiger partial charge on any atom is -0.382 e. The summed E-state index contributed by atoms with van der Waals surface area (Å²) in [5, 5.41) is 0. The minimum absolute atomic E-state index is 0.152. The predicted molar refractivity (Wildman–Crippen MR) is 60.3 cm³/mol. The van der Waals surface area contributed by atoms with Crippen LogP contribution < -0.4 is 5.73 Å². The normalized spacial score (nSPS) is 24.5. The van der Waals surface area contributed by atoms with Crippen molar-refractivity contribution in [3.8, 4) is 0 Å². The lowest BCUT2D eigenvalue weighted by Gasteiger charge is -2.13. The average Bonchev–Trinajstić information content (AvgIpc) is 2.50. The van der Waals surface area contributed by atoms with E-state index in [9.17, 15) is 9.59 Å². The van der Waals surface area contributed by atoms with Crippen molar-refractivity contribution in [2.24, 2.45) is 11.8 Å². The number of rotatable bonds is 2. The van der Waals surface area contributed by atoms with Crippen molar-refractivity contribution in [2.75, 3.05) is 5.73 Å². The van der Waals surface area contributed by atoms with E-state index in [1.165, 1.54) is 17.3 Å². The van der Waals surface area contributed by atoms with Crippen molar-refractivity contribution < 1.29 is 9.59 Å². The lowest BCUT2D eigenvalue weighted by Crippen LogP contribution is -2.30. The van der Waals surface area contributed by atoms with Gasteiger partial charge in [0.15, 0.2) is 0 Å². The Morgan fingerprint density at radius 2 is 1.76 bits per heavy atom. The number of anilines is 1. The van der Waals surface area contributed by atoms with Crippen LogP contribution in [0.5, 0.6) is 0 Å². The first-order valence-electron chi connectivity index (χ1n) is 5.42. The Balaban J connectivity index is 2.17. The molecule has 90 valence electrons. The number of aromatic nitrogens is 2. The predicted octanol–water partition coefficient (Wildman–Crippen LogP) is 0.200. The van der Waals surface area contributed by atoms with Gasteiger partial charge in [0.2, 0.25) is 11.8 Å². The number of nitrogen functional groups attached to an aromatic ring is 1. The quantitative estimate of drug-likeness (QED) is 0.738. The second-order valence-corrected chi connectivity index (χ2v) is 4.27. The van der Waals surface area contributed by atoms with E-state index in [1.807, 2.05) is 0 Å². The van der Waals surface area contributed by atoms with Gasteiger partial charge >= 0.3 is 0 Å². The molecule has 0 radical (unpaired) electrons. The zero-order valence-electron chi connectivity index (χ0n) is 9.75. The van der Waals surface area contributed by atoms with Gasteiger partial charge in [-0.05, 0) is 0 Å². The molecule has 2 N–H and O–H groups in total. The van der Waals surface area contributed by atoms with Crippen molar-refractivity contribution in [3.05, 3.63) is 18.1 Å². The number of nitrogens with two attached hydrogens (primary N) is 1. The molecule has 6 nitrogen and oxygen atoms in total. The third-order valence-corrected chi connectivity index (χ3v) is 3.11. The largest absolute Gasteiger partial charge is 0.382 e. The molecule has 1 aliphatic heterocycles. The number of nitrogens with zero attached hydrogens (tertiary/aromatic N) is 3. The Kier molecular flexibility index (Phi) is 2.79. The highest BCUT2D eigenvalue weighted by Crippen LogP contribution is 2.26. The van der Waals surface area contributed by atoms with Crippen LogP contribution in [0.4, 0.5) is 5.82 Å². The lowest BCUT2D eigenvalue weighted by molar-refractivity contribution is -0.140. The molecule has 2 unspecified atom stereocenters. The summed E-state index contributed by atoms with van der Waals surface area (Å²) in [5.41, 5.74) is 5.97. The van der Waals surface area contributed by atoms with E-state index >= 15 is 0 Å². The standard InChI is InChI=1S/C11H14N4O2/c1-6-7(2)11(17)15(10(6)16)5-8-3-14-9(12)4-13-8/h3-4,6-7H,5H2,1-2H3,(H2,12,14). The molecule has 0 aliphatic carbocycles. The van der Waals surface area contributed by atoms with E-state index in [2.05, 4.69) is 9.97 Å². The first kappa shape index (κ1) is 11.5. The van der Waals surface area contributed by atoms with Crippen LogP contribution in [0.25, 0.3) is 0 Å². The summed E-state index contributed by atoms with van der Waals surface area (Å²) in [6.07, 6.45) is 2.89. The molecule has 6 heteroatoms. The second kappa shape index (κ2) is 4.12. The fourth-order valence-corrected chi connectivity index (χ4v) is 1.79. The molecule has 17 heavy (non-hydrogen) atoms. The SMILES string of the molecule is CC1C(=O)N(Cc2cnc(N)cn2)C(=O)C1C. The third kappa shape index (κ3) is 1.98. The van der Waals surface area contributed by atoms with Crippen LogP contribution >= 0.6 is 0 Å². The molecule has 1 fully saturated rings. The van der Waals surface area contributed by atoms with Gasteiger partial charge in [0.25, 0.3) is 0 Å². The molecule has 1 aliphatic rings. The summed E-state index contributed by atoms with van der Waals surface area (Å²) < 4.78 is 0. The van der Waals surface area contributed by atoms with Crippen LogP contribution in [0, 0.1) is 11.8 Å². The number of carbonyl (C=O) groups is 2. The van der Waals surface area contributed by atoms with Gasteiger partial charge in [0, 0.05) is 11.8 Å². The fourth-order valence-electron chi connectivity index (χ4n) is 1.79. The van der Waals surface area contributed by atoms with Crippen molar-refractivity contribution in [2.45, 2.75) is 20.4 Å². The smallest absolute Gasteiger partial charge is 0.233 e. The first-order chi connectivity index (χ1) is 8.00. The fraction of sp³-hybridized carbons (Fsp3) is 0.455. The molecular formula is C11H14N4O2. The highest BCUT2D eigenvalue weighted by Gasteiger charge is 2.42. The van der Waals surface area contributed by atoms with E-state index in [0.29, 0.717) is 11.5 Å².